The summed E-state index contributed by atoms with van der Waals surface area (Å²) >= 11 is 0. The maximum Gasteiger partial charge on any atom is 0.418 e. The Kier molecular flexibility index (Phi) is 4.35. The van der Waals surface area contributed by atoms with Gasteiger partial charge in [0.05, 0.1) is 6.04 Å². The van der Waals surface area contributed by atoms with E-state index in [1.807, 2.05) is 10.9 Å². The molecule has 152 valence electrons. The van der Waals surface area contributed by atoms with Crippen molar-refractivity contribution >= 4 is 28.2 Å². The van der Waals surface area contributed by atoms with Gasteiger partial charge in [-0.15, -0.1) is 4.28 Å². The summed E-state index contributed by atoms with van der Waals surface area (Å²) in [6, 6.07) is -2.81. The summed E-state index contributed by atoms with van der Waals surface area (Å²) < 4.78 is 60.9. The molecule has 14 heteroatoms. The van der Waals surface area contributed by atoms with Gasteiger partial charge in [-0.2, -0.15) is 13.5 Å². The van der Waals surface area contributed by atoms with Crippen molar-refractivity contribution in [1.82, 2.24) is 20.8 Å². The van der Waals surface area contributed by atoms with E-state index in [2.05, 4.69) is 4.28 Å². The van der Waals surface area contributed by atoms with Gasteiger partial charge in [-0.3, -0.25) is 25.0 Å². The van der Waals surface area contributed by atoms with E-state index in [1.165, 1.54) is 0 Å². The summed E-state index contributed by atoms with van der Waals surface area (Å²) in [4.78, 5) is 37.4. The standard InChI is InChI=1S/C13H18F2N4O7S/c1-12(2)4-7(10(21)17-16-9(20)6-3-13(6,14)15)18-5-8(12)19(11(18)22)26-27(23,24)25/h6-8H,3-5H2,1-2H3,(H,16,20)(H,17,21)(H,23,24,25). The van der Waals surface area contributed by atoms with Gasteiger partial charge in [-0.25, -0.2) is 13.6 Å². The molecular weight excluding hydrogens is 394 g/mol. The molecule has 1 saturated carbocycles. The van der Waals surface area contributed by atoms with Crippen LogP contribution < -0.4 is 10.9 Å². The first-order valence-corrected chi connectivity index (χ1v) is 9.34. The van der Waals surface area contributed by atoms with Crippen molar-refractivity contribution in [1.29, 1.82) is 0 Å². The number of nitrogens with one attached hydrogen (secondary N) is 2. The third-order valence-corrected chi connectivity index (χ3v) is 5.36. The van der Waals surface area contributed by atoms with Crippen LogP contribution in [0.5, 0.6) is 0 Å². The van der Waals surface area contributed by atoms with Crippen LogP contribution in [0.2, 0.25) is 0 Å². The molecule has 27 heavy (non-hydrogen) atoms. The monoisotopic (exact) mass is 412 g/mol. The fourth-order valence-electron chi connectivity index (χ4n) is 3.38. The van der Waals surface area contributed by atoms with Crippen molar-refractivity contribution in [3.05, 3.63) is 0 Å². The second kappa shape index (κ2) is 5.97. The third-order valence-electron chi connectivity index (χ3n) is 5.01. The second-order valence-electron chi connectivity index (χ2n) is 7.48. The number of hydrogen-bond acceptors (Lipinski definition) is 6. The van der Waals surface area contributed by atoms with Gasteiger partial charge in [-0.1, -0.05) is 13.8 Å². The minimum Gasteiger partial charge on any atom is -0.309 e. The average molecular weight is 412 g/mol. The summed E-state index contributed by atoms with van der Waals surface area (Å²) in [5, 5.41) is 0.492. The maximum atomic E-state index is 12.9. The van der Waals surface area contributed by atoms with Crippen LogP contribution in [0.1, 0.15) is 26.7 Å². The topological polar surface area (TPSA) is 145 Å². The van der Waals surface area contributed by atoms with Gasteiger partial charge < -0.3 is 4.90 Å². The molecular formula is C13H18F2N4O7S. The van der Waals surface area contributed by atoms with E-state index in [4.69, 9.17) is 4.55 Å². The molecule has 3 unspecified atom stereocenters. The molecule has 1 aliphatic carbocycles. The van der Waals surface area contributed by atoms with E-state index in [-0.39, 0.29) is 13.0 Å². The Morgan fingerprint density at radius 1 is 1.22 bits per heavy atom. The van der Waals surface area contributed by atoms with Crippen LogP contribution >= 0.6 is 0 Å². The van der Waals surface area contributed by atoms with Gasteiger partial charge >= 0.3 is 16.4 Å². The molecule has 11 nitrogen and oxygen atoms in total. The fraction of sp³-hybridized carbons (Fsp3) is 0.769. The number of amides is 4. The smallest absolute Gasteiger partial charge is 0.309 e. The van der Waals surface area contributed by atoms with Crippen LogP contribution in [0.3, 0.4) is 0 Å². The molecule has 2 saturated heterocycles. The zero-order valence-electron chi connectivity index (χ0n) is 14.3. The Morgan fingerprint density at radius 2 is 1.78 bits per heavy atom. The summed E-state index contributed by atoms with van der Waals surface area (Å²) in [6.45, 7) is 3.27. The zero-order valence-corrected chi connectivity index (χ0v) is 15.1. The first kappa shape index (κ1) is 19.7. The van der Waals surface area contributed by atoms with E-state index >= 15 is 0 Å². The number of carbonyl (C=O) groups excluding carboxylic acids is 3. The molecule has 0 aromatic rings. The number of nitrogens with zero attached hydrogens (tertiary/aromatic N) is 2. The molecule has 3 fully saturated rings. The first-order chi connectivity index (χ1) is 12.2. The molecule has 0 radical (unpaired) electrons. The average Bonchev–Trinajstić information content (AvgIpc) is 3.06. The number of fused-ring (bicyclic) bond motifs is 2. The van der Waals surface area contributed by atoms with Crippen LogP contribution in [-0.4, -0.2) is 65.3 Å². The SMILES string of the molecule is CC1(C)CC(C(=O)NNC(=O)C2CC2(F)F)N2CC1N(OS(=O)(=O)O)C2=O. The Balaban J connectivity index is 1.69. The van der Waals surface area contributed by atoms with Crippen molar-refractivity contribution in [2.75, 3.05) is 6.54 Å². The molecule has 3 atom stereocenters. The number of alkyl halides is 2. The van der Waals surface area contributed by atoms with Crippen LogP contribution in [0.4, 0.5) is 13.6 Å². The molecule has 0 aromatic heterocycles. The number of piperidine rings is 1. The lowest BCUT2D eigenvalue weighted by Gasteiger charge is -2.40. The molecule has 2 heterocycles. The summed E-state index contributed by atoms with van der Waals surface area (Å²) in [5.74, 6) is -6.45. The van der Waals surface area contributed by atoms with E-state index in [0.29, 0.717) is 5.06 Å². The van der Waals surface area contributed by atoms with Gasteiger partial charge in [-0.05, 0) is 11.8 Å². The van der Waals surface area contributed by atoms with Crippen molar-refractivity contribution in [2.45, 2.75) is 44.7 Å². The number of hydrazine groups is 1. The minimum absolute atomic E-state index is 0.0614. The highest BCUT2D eigenvalue weighted by Gasteiger charge is 2.61. The summed E-state index contributed by atoms with van der Waals surface area (Å²) in [7, 11) is -4.95. The van der Waals surface area contributed by atoms with Crippen molar-refractivity contribution in [3.63, 3.8) is 0 Å². The molecule has 0 spiro atoms. The zero-order chi connectivity index (χ0) is 20.4. The van der Waals surface area contributed by atoms with Crippen LogP contribution in [-0.2, 0) is 24.3 Å². The van der Waals surface area contributed by atoms with Crippen molar-refractivity contribution < 1.29 is 40.4 Å². The maximum absolute atomic E-state index is 12.9. The lowest BCUT2D eigenvalue weighted by molar-refractivity contribution is -0.134. The Bertz CT molecular complexity index is 802. The predicted molar refractivity (Wildman–Crippen MR) is 81.9 cm³/mol. The fourth-order valence-corrected chi connectivity index (χ4v) is 3.75. The number of carbonyl (C=O) groups is 3. The number of hydrogen-bond donors (Lipinski definition) is 3. The first-order valence-electron chi connectivity index (χ1n) is 7.97. The molecule has 0 aromatic carbocycles. The van der Waals surface area contributed by atoms with E-state index in [1.54, 1.807) is 13.8 Å². The molecule has 3 aliphatic rings. The van der Waals surface area contributed by atoms with Crippen molar-refractivity contribution in [3.8, 4) is 0 Å². The Labute approximate surface area is 152 Å². The minimum atomic E-state index is -4.95. The highest BCUT2D eigenvalue weighted by atomic mass is 32.3. The number of halogens is 2. The summed E-state index contributed by atoms with van der Waals surface area (Å²) in [6.07, 6.45) is -0.518. The summed E-state index contributed by atoms with van der Waals surface area (Å²) in [5.41, 5.74) is 3.14. The quantitative estimate of drug-likeness (QED) is 0.414. The van der Waals surface area contributed by atoms with E-state index < -0.39 is 64.0 Å². The van der Waals surface area contributed by atoms with Gasteiger partial charge in [0.15, 0.2) is 0 Å². The molecule has 3 rings (SSSR count). The number of rotatable bonds is 4. The van der Waals surface area contributed by atoms with Gasteiger partial charge in [0.2, 0.25) is 5.91 Å². The van der Waals surface area contributed by atoms with Crippen LogP contribution in [0.15, 0.2) is 0 Å². The van der Waals surface area contributed by atoms with Crippen LogP contribution in [0.25, 0.3) is 0 Å². The molecule has 4 amide bonds. The number of hydroxylamine groups is 2. The highest BCUT2D eigenvalue weighted by Crippen LogP contribution is 2.48. The van der Waals surface area contributed by atoms with E-state index in [9.17, 15) is 31.6 Å². The largest absolute Gasteiger partial charge is 0.418 e. The second-order valence-corrected chi connectivity index (χ2v) is 8.49. The van der Waals surface area contributed by atoms with Gasteiger partial charge in [0, 0.05) is 13.0 Å². The van der Waals surface area contributed by atoms with Gasteiger partial charge in [0.1, 0.15) is 12.0 Å². The predicted octanol–water partition coefficient (Wildman–Crippen LogP) is -0.572. The van der Waals surface area contributed by atoms with Gasteiger partial charge in [0.25, 0.3) is 11.8 Å². The molecule has 2 bridgehead atoms. The lowest BCUT2D eigenvalue weighted by Crippen LogP contribution is -2.57. The number of urea groups is 1. The Morgan fingerprint density at radius 3 is 2.30 bits per heavy atom. The third kappa shape index (κ3) is 3.68. The normalized spacial score (nSPS) is 30.9. The van der Waals surface area contributed by atoms with E-state index in [0.717, 1.165) is 4.90 Å². The van der Waals surface area contributed by atoms with Crippen LogP contribution in [0, 0.1) is 11.3 Å². The Hall–Kier alpha value is -2.06. The molecule has 2 aliphatic heterocycles. The lowest BCUT2D eigenvalue weighted by atomic mass is 9.76. The molecule has 3 N–H and O–H groups in total. The van der Waals surface area contributed by atoms with Crippen molar-refractivity contribution in [2.24, 2.45) is 11.3 Å². The highest BCUT2D eigenvalue weighted by molar-refractivity contribution is 7.80.